The fourth-order valence-electron chi connectivity index (χ4n) is 2.62. The molecular formula is C19H18N2O4. The zero-order chi connectivity index (χ0) is 17.6. The Hall–Kier alpha value is -3.04. The summed E-state index contributed by atoms with van der Waals surface area (Å²) in [5.74, 6) is 0.687. The van der Waals surface area contributed by atoms with Crippen molar-refractivity contribution in [3.8, 4) is 11.8 Å². The van der Waals surface area contributed by atoms with Crippen LogP contribution in [0, 0.1) is 11.3 Å². The maximum absolute atomic E-state index is 11.9. The van der Waals surface area contributed by atoms with Gasteiger partial charge < -0.3 is 14.2 Å². The number of ether oxygens (including phenoxy) is 3. The van der Waals surface area contributed by atoms with E-state index in [1.807, 2.05) is 24.3 Å². The maximum atomic E-state index is 11.9. The number of benzene rings is 2. The summed E-state index contributed by atoms with van der Waals surface area (Å²) >= 11 is 0. The van der Waals surface area contributed by atoms with Gasteiger partial charge in [0.2, 0.25) is 0 Å². The quantitative estimate of drug-likeness (QED) is 0.809. The number of hydrogen-bond acceptors (Lipinski definition) is 5. The van der Waals surface area contributed by atoms with Crippen LogP contribution >= 0.6 is 0 Å². The van der Waals surface area contributed by atoms with Crippen LogP contribution in [0.2, 0.25) is 0 Å². The van der Waals surface area contributed by atoms with Crippen molar-refractivity contribution >= 4 is 11.8 Å². The number of nitriles is 1. The van der Waals surface area contributed by atoms with Crippen molar-refractivity contribution in [1.29, 1.82) is 5.26 Å². The highest BCUT2D eigenvalue weighted by molar-refractivity contribution is 5.89. The predicted molar refractivity (Wildman–Crippen MR) is 91.4 cm³/mol. The third-order valence-corrected chi connectivity index (χ3v) is 3.84. The van der Waals surface area contributed by atoms with Gasteiger partial charge in [-0.25, -0.2) is 4.79 Å². The van der Waals surface area contributed by atoms with Crippen molar-refractivity contribution in [1.82, 2.24) is 0 Å². The van der Waals surface area contributed by atoms with Crippen LogP contribution in [0.15, 0.2) is 48.5 Å². The number of carbonyl (C=O) groups is 1. The van der Waals surface area contributed by atoms with E-state index in [0.29, 0.717) is 31.1 Å². The van der Waals surface area contributed by atoms with Gasteiger partial charge in [-0.1, -0.05) is 12.1 Å². The molecule has 1 amide bonds. The maximum Gasteiger partial charge on any atom is 0.414 e. The molecule has 0 spiro atoms. The molecule has 1 aliphatic heterocycles. The van der Waals surface area contributed by atoms with Crippen LogP contribution in [0.25, 0.3) is 0 Å². The van der Waals surface area contributed by atoms with Crippen molar-refractivity contribution in [3.63, 3.8) is 0 Å². The first-order valence-electron chi connectivity index (χ1n) is 7.88. The Kier molecular flexibility index (Phi) is 5.17. The first-order valence-corrected chi connectivity index (χ1v) is 7.88. The van der Waals surface area contributed by atoms with E-state index in [0.717, 1.165) is 11.3 Å². The van der Waals surface area contributed by atoms with E-state index in [1.54, 1.807) is 36.3 Å². The van der Waals surface area contributed by atoms with Crippen LogP contribution in [0.5, 0.6) is 5.75 Å². The highest BCUT2D eigenvalue weighted by Gasteiger charge is 2.32. The minimum Gasteiger partial charge on any atom is -0.489 e. The summed E-state index contributed by atoms with van der Waals surface area (Å²) in [6, 6.07) is 16.6. The first kappa shape index (κ1) is 16.8. The van der Waals surface area contributed by atoms with Gasteiger partial charge in [0.05, 0.1) is 24.8 Å². The fraction of sp³-hybridized carbons (Fsp3) is 0.263. The minimum absolute atomic E-state index is 0.249. The molecule has 0 aromatic heterocycles. The van der Waals surface area contributed by atoms with Crippen LogP contribution < -0.4 is 9.64 Å². The third-order valence-electron chi connectivity index (χ3n) is 3.84. The lowest BCUT2D eigenvalue weighted by molar-refractivity contribution is 0.0718. The van der Waals surface area contributed by atoms with Gasteiger partial charge >= 0.3 is 6.09 Å². The molecule has 128 valence electrons. The van der Waals surface area contributed by atoms with Crippen molar-refractivity contribution < 1.29 is 19.0 Å². The largest absolute Gasteiger partial charge is 0.489 e. The van der Waals surface area contributed by atoms with E-state index >= 15 is 0 Å². The number of rotatable bonds is 6. The van der Waals surface area contributed by atoms with Gasteiger partial charge in [-0.3, -0.25) is 4.90 Å². The lowest BCUT2D eigenvalue weighted by Gasteiger charge is -2.14. The van der Waals surface area contributed by atoms with Crippen molar-refractivity contribution in [2.75, 3.05) is 25.2 Å². The number of methoxy groups -OCH3 is 1. The third kappa shape index (κ3) is 4.08. The van der Waals surface area contributed by atoms with Gasteiger partial charge in [-0.05, 0) is 42.0 Å². The van der Waals surface area contributed by atoms with Gasteiger partial charge in [0.15, 0.2) is 0 Å². The molecule has 0 unspecified atom stereocenters. The molecule has 2 aromatic rings. The highest BCUT2D eigenvalue weighted by atomic mass is 16.6. The summed E-state index contributed by atoms with van der Waals surface area (Å²) < 4.78 is 16.0. The van der Waals surface area contributed by atoms with Gasteiger partial charge in [0.1, 0.15) is 18.5 Å². The summed E-state index contributed by atoms with van der Waals surface area (Å²) in [6.07, 6.45) is -0.620. The molecule has 1 heterocycles. The Morgan fingerprint density at radius 3 is 2.80 bits per heavy atom. The molecule has 3 rings (SSSR count). The normalized spacial score (nSPS) is 16.4. The van der Waals surface area contributed by atoms with Gasteiger partial charge in [-0.2, -0.15) is 5.26 Å². The summed E-state index contributed by atoms with van der Waals surface area (Å²) in [4.78, 5) is 13.5. The summed E-state index contributed by atoms with van der Waals surface area (Å²) in [6.45, 7) is 1.22. The van der Waals surface area contributed by atoms with Crippen LogP contribution in [0.1, 0.15) is 11.1 Å². The van der Waals surface area contributed by atoms with Gasteiger partial charge in [0.25, 0.3) is 0 Å². The van der Waals surface area contributed by atoms with Crippen molar-refractivity contribution in [2.45, 2.75) is 12.7 Å². The minimum atomic E-state index is -0.371. The van der Waals surface area contributed by atoms with E-state index in [9.17, 15) is 4.79 Å². The van der Waals surface area contributed by atoms with Crippen LogP contribution in [0.3, 0.4) is 0 Å². The Morgan fingerprint density at radius 2 is 2.08 bits per heavy atom. The second kappa shape index (κ2) is 7.69. The Morgan fingerprint density at radius 1 is 1.28 bits per heavy atom. The van der Waals surface area contributed by atoms with E-state index in [-0.39, 0.29) is 12.2 Å². The SMILES string of the molecule is COC[C@H]1CN(c2ccc(OCc3cccc(C#N)c3)cc2)C(=O)O1. The first-order chi connectivity index (χ1) is 12.2. The molecular weight excluding hydrogens is 320 g/mol. The second-order valence-corrected chi connectivity index (χ2v) is 5.67. The summed E-state index contributed by atoms with van der Waals surface area (Å²) in [5.41, 5.74) is 2.28. The van der Waals surface area contributed by atoms with Crippen LogP contribution in [-0.4, -0.2) is 32.5 Å². The van der Waals surface area contributed by atoms with Gasteiger partial charge in [0, 0.05) is 12.8 Å². The Bertz CT molecular complexity index is 783. The fourth-order valence-corrected chi connectivity index (χ4v) is 2.62. The zero-order valence-electron chi connectivity index (χ0n) is 13.8. The van der Waals surface area contributed by atoms with Crippen LogP contribution in [-0.2, 0) is 16.1 Å². The predicted octanol–water partition coefficient (Wildman–Crippen LogP) is 3.11. The molecule has 0 radical (unpaired) electrons. The molecule has 1 aliphatic rings. The smallest absolute Gasteiger partial charge is 0.414 e. The number of hydrogen-bond donors (Lipinski definition) is 0. The average Bonchev–Trinajstić information content (AvgIpc) is 3.01. The lowest BCUT2D eigenvalue weighted by atomic mass is 10.1. The second-order valence-electron chi connectivity index (χ2n) is 5.67. The number of carbonyl (C=O) groups excluding carboxylic acids is 1. The molecule has 0 aliphatic carbocycles. The zero-order valence-corrected chi connectivity index (χ0v) is 13.8. The molecule has 1 saturated heterocycles. The van der Waals surface area contributed by atoms with E-state index in [4.69, 9.17) is 19.5 Å². The molecule has 0 bridgehead atoms. The van der Waals surface area contributed by atoms with Crippen molar-refractivity contribution in [3.05, 3.63) is 59.7 Å². The molecule has 6 heteroatoms. The topological polar surface area (TPSA) is 71.8 Å². The van der Waals surface area contributed by atoms with Crippen molar-refractivity contribution in [2.24, 2.45) is 0 Å². The van der Waals surface area contributed by atoms with E-state index in [2.05, 4.69) is 6.07 Å². The number of anilines is 1. The van der Waals surface area contributed by atoms with E-state index < -0.39 is 0 Å². The number of cyclic esters (lactones) is 1. The molecule has 6 nitrogen and oxygen atoms in total. The summed E-state index contributed by atoms with van der Waals surface area (Å²) in [5, 5.41) is 8.91. The monoisotopic (exact) mass is 338 g/mol. The van der Waals surface area contributed by atoms with E-state index in [1.165, 1.54) is 0 Å². The summed E-state index contributed by atoms with van der Waals surface area (Å²) in [7, 11) is 1.58. The molecule has 2 aromatic carbocycles. The Balaban J connectivity index is 1.61. The highest BCUT2D eigenvalue weighted by Crippen LogP contribution is 2.24. The standard InChI is InChI=1S/C19H18N2O4/c1-23-13-18-11-21(19(22)25-18)16-5-7-17(8-6-16)24-12-15-4-2-3-14(9-15)10-20/h2-9,18H,11-13H2,1H3/t18-/m1/s1. The molecule has 25 heavy (non-hydrogen) atoms. The average molecular weight is 338 g/mol. The molecule has 1 atom stereocenters. The van der Waals surface area contributed by atoms with Gasteiger partial charge in [-0.15, -0.1) is 0 Å². The van der Waals surface area contributed by atoms with Crippen LogP contribution in [0.4, 0.5) is 10.5 Å². The lowest BCUT2D eigenvalue weighted by Crippen LogP contribution is -2.25. The number of nitrogens with zero attached hydrogens (tertiary/aromatic N) is 2. The molecule has 0 N–H and O–H groups in total. The number of amides is 1. The molecule has 0 saturated carbocycles. The Labute approximate surface area is 146 Å². The molecule has 1 fully saturated rings.